The van der Waals surface area contributed by atoms with Gasteiger partial charge < -0.3 is 28.7 Å². The number of carbonyl (C=O) groups excluding carboxylic acids is 6. The Morgan fingerprint density at radius 1 is 0.533 bits per heavy atom. The summed E-state index contributed by atoms with van der Waals surface area (Å²) in [5, 5.41) is 0. The molecule has 2 rings (SSSR count). The largest absolute Gasteiger partial charge is 0.454 e. The van der Waals surface area contributed by atoms with Crippen molar-refractivity contribution in [2.45, 2.75) is 52.1 Å². The van der Waals surface area contributed by atoms with Crippen molar-refractivity contribution in [3.63, 3.8) is 0 Å². The summed E-state index contributed by atoms with van der Waals surface area (Å²) in [6.45, 7) is 5.69. The Balaban J connectivity index is 2.49. The Labute approximate surface area is 172 Å². The molecule has 0 N–H and O–H groups in total. The number of rotatable bonds is 9. The minimum atomic E-state index is -1.73. The van der Waals surface area contributed by atoms with E-state index in [4.69, 9.17) is 18.9 Å². The number of nitrogens with zero attached hydrogens (tertiary/aromatic N) is 2. The number of hydrogen-bond acceptors (Lipinski definition) is 10. The summed E-state index contributed by atoms with van der Waals surface area (Å²) >= 11 is 0. The maximum atomic E-state index is 12.7. The molecule has 30 heavy (non-hydrogen) atoms. The van der Waals surface area contributed by atoms with E-state index in [-0.39, 0.29) is 0 Å². The van der Waals surface area contributed by atoms with Crippen LogP contribution in [0.25, 0.3) is 0 Å². The molecule has 0 spiro atoms. The smallest absolute Gasteiger partial charge is 0.303 e. The van der Waals surface area contributed by atoms with E-state index in [0.29, 0.717) is 26.2 Å². The second-order valence-corrected chi connectivity index (χ2v) is 6.86. The van der Waals surface area contributed by atoms with Crippen molar-refractivity contribution in [1.82, 2.24) is 9.80 Å². The predicted octanol–water partition coefficient (Wildman–Crippen LogP) is -1.60. The third-order valence-electron chi connectivity index (χ3n) is 4.12. The van der Waals surface area contributed by atoms with Crippen LogP contribution < -0.4 is 0 Å². The lowest BCUT2D eigenvalue weighted by Crippen LogP contribution is -2.57. The molecule has 2 fully saturated rings. The van der Waals surface area contributed by atoms with Gasteiger partial charge in [0, 0.05) is 53.9 Å². The van der Waals surface area contributed by atoms with Crippen molar-refractivity contribution < 1.29 is 47.7 Å². The highest BCUT2D eigenvalue weighted by Crippen LogP contribution is 2.25. The summed E-state index contributed by atoms with van der Waals surface area (Å²) in [5.41, 5.74) is 0. The van der Waals surface area contributed by atoms with Crippen LogP contribution in [0, 0.1) is 0 Å². The van der Waals surface area contributed by atoms with Crippen molar-refractivity contribution in [1.29, 1.82) is 0 Å². The minimum Gasteiger partial charge on any atom is -0.454 e. The first-order valence-electron chi connectivity index (χ1n) is 9.27. The van der Waals surface area contributed by atoms with E-state index in [1.165, 1.54) is 9.80 Å². The highest BCUT2D eigenvalue weighted by molar-refractivity contribution is 5.88. The van der Waals surface area contributed by atoms with E-state index in [1.807, 2.05) is 0 Å². The molecule has 0 aromatic heterocycles. The lowest BCUT2D eigenvalue weighted by Gasteiger charge is -2.34. The third-order valence-corrected chi connectivity index (χ3v) is 4.12. The van der Waals surface area contributed by atoms with Crippen LogP contribution in [0.4, 0.5) is 0 Å². The Bertz CT molecular complexity index is 681. The van der Waals surface area contributed by atoms with Crippen LogP contribution in [-0.2, 0) is 47.7 Å². The average Bonchev–Trinajstić information content (AvgIpc) is 3.51. The quantitative estimate of drug-likeness (QED) is 0.239. The fourth-order valence-electron chi connectivity index (χ4n) is 2.76. The van der Waals surface area contributed by atoms with Gasteiger partial charge in [0.1, 0.15) is 0 Å². The van der Waals surface area contributed by atoms with Crippen LogP contribution in [-0.4, -0.2) is 96.1 Å². The molecule has 12 heteroatoms. The standard InChI is InChI=1S/C18H24N2O10/c1-9(21)27-13(15(29-11(3)23)17(25)19-5-6-19)14(28-10(2)22)16(30-12(4)24)18(26)20-7-8-20/h13-16H,5-8H2,1-4H3/t13-,14+,15-,16-/m0/s1. The van der Waals surface area contributed by atoms with Gasteiger partial charge in [-0.05, 0) is 0 Å². The van der Waals surface area contributed by atoms with Crippen molar-refractivity contribution in [3.05, 3.63) is 0 Å². The van der Waals surface area contributed by atoms with E-state index in [1.54, 1.807) is 0 Å². The number of esters is 4. The first-order valence-corrected chi connectivity index (χ1v) is 9.27. The number of carbonyl (C=O) groups is 6. The zero-order valence-electron chi connectivity index (χ0n) is 17.1. The van der Waals surface area contributed by atoms with Crippen LogP contribution in [0.1, 0.15) is 27.7 Å². The van der Waals surface area contributed by atoms with Gasteiger partial charge in [-0.3, -0.25) is 28.8 Å². The molecular formula is C18H24N2O10. The summed E-state index contributed by atoms with van der Waals surface area (Å²) in [4.78, 5) is 74.9. The zero-order valence-corrected chi connectivity index (χ0v) is 17.1. The van der Waals surface area contributed by atoms with Crippen molar-refractivity contribution in [2.24, 2.45) is 0 Å². The van der Waals surface area contributed by atoms with E-state index >= 15 is 0 Å². The fraction of sp³-hybridized carbons (Fsp3) is 0.667. The third kappa shape index (κ3) is 6.42. The lowest BCUT2D eigenvalue weighted by molar-refractivity contribution is -0.201. The molecule has 2 heterocycles. The number of hydrogen-bond donors (Lipinski definition) is 0. The predicted molar refractivity (Wildman–Crippen MR) is 95.4 cm³/mol. The van der Waals surface area contributed by atoms with Crippen molar-refractivity contribution in [2.75, 3.05) is 26.2 Å². The number of amides is 2. The molecule has 0 aromatic rings. The molecule has 0 saturated carbocycles. The van der Waals surface area contributed by atoms with E-state index in [9.17, 15) is 28.8 Å². The molecule has 4 atom stereocenters. The Kier molecular flexibility index (Phi) is 7.35. The highest BCUT2D eigenvalue weighted by atomic mass is 16.6. The highest BCUT2D eigenvalue weighted by Gasteiger charge is 2.52. The molecule has 2 aliphatic heterocycles. The summed E-state index contributed by atoms with van der Waals surface area (Å²) in [6, 6.07) is 0. The molecule has 2 saturated heterocycles. The van der Waals surface area contributed by atoms with Gasteiger partial charge in [0.15, 0.2) is 12.2 Å². The van der Waals surface area contributed by atoms with Crippen LogP contribution in [0.5, 0.6) is 0 Å². The van der Waals surface area contributed by atoms with Gasteiger partial charge in [-0.2, -0.15) is 0 Å². The second kappa shape index (κ2) is 9.55. The fourth-order valence-corrected chi connectivity index (χ4v) is 2.76. The molecule has 0 bridgehead atoms. The maximum Gasteiger partial charge on any atom is 0.303 e. The van der Waals surface area contributed by atoms with Crippen molar-refractivity contribution >= 4 is 35.7 Å². The van der Waals surface area contributed by atoms with Gasteiger partial charge in [-0.15, -0.1) is 0 Å². The second-order valence-electron chi connectivity index (χ2n) is 6.86. The molecule has 2 amide bonds. The van der Waals surface area contributed by atoms with E-state index in [2.05, 4.69) is 0 Å². The van der Waals surface area contributed by atoms with Crippen LogP contribution >= 0.6 is 0 Å². The van der Waals surface area contributed by atoms with Crippen LogP contribution in [0.2, 0.25) is 0 Å². The molecule has 0 unspecified atom stereocenters. The topological polar surface area (TPSA) is 145 Å². The zero-order chi connectivity index (χ0) is 22.6. The maximum absolute atomic E-state index is 12.7. The van der Waals surface area contributed by atoms with Gasteiger partial charge in [0.25, 0.3) is 11.8 Å². The summed E-state index contributed by atoms with van der Waals surface area (Å²) < 4.78 is 20.5. The Morgan fingerprint density at radius 2 is 0.800 bits per heavy atom. The molecule has 12 nitrogen and oxygen atoms in total. The van der Waals surface area contributed by atoms with E-state index in [0.717, 1.165) is 27.7 Å². The van der Waals surface area contributed by atoms with Crippen molar-refractivity contribution in [3.8, 4) is 0 Å². The average molecular weight is 428 g/mol. The lowest BCUT2D eigenvalue weighted by atomic mass is 10.00. The van der Waals surface area contributed by atoms with Gasteiger partial charge in [-0.1, -0.05) is 0 Å². The molecule has 0 aliphatic carbocycles. The number of ether oxygens (including phenoxy) is 4. The molecule has 0 radical (unpaired) electrons. The summed E-state index contributed by atoms with van der Waals surface area (Å²) in [5.74, 6) is -4.92. The summed E-state index contributed by atoms with van der Waals surface area (Å²) in [6.07, 6.45) is -6.87. The van der Waals surface area contributed by atoms with Gasteiger partial charge in [0.05, 0.1) is 0 Å². The molecule has 2 aliphatic rings. The Morgan fingerprint density at radius 3 is 1.00 bits per heavy atom. The SMILES string of the molecule is CC(=O)O[C@H]([C@H](OC(C)=O)[C@H](OC(C)=O)C(=O)N1CC1)[C@H](OC(C)=O)C(=O)N1CC1. The Hall–Kier alpha value is -3.18. The molecule has 166 valence electrons. The normalized spacial score (nSPS) is 18.3. The monoisotopic (exact) mass is 428 g/mol. The molecular weight excluding hydrogens is 404 g/mol. The molecule has 0 aromatic carbocycles. The first-order chi connectivity index (χ1) is 14.0. The van der Waals surface area contributed by atoms with Gasteiger partial charge in [0.2, 0.25) is 12.2 Å². The van der Waals surface area contributed by atoms with Crippen LogP contribution in [0.3, 0.4) is 0 Å². The van der Waals surface area contributed by atoms with Gasteiger partial charge in [-0.25, -0.2) is 0 Å². The summed E-state index contributed by atoms with van der Waals surface area (Å²) in [7, 11) is 0. The minimum absolute atomic E-state index is 0.391. The first kappa shape index (κ1) is 23.1. The van der Waals surface area contributed by atoms with Gasteiger partial charge >= 0.3 is 23.9 Å². The van der Waals surface area contributed by atoms with E-state index < -0.39 is 60.1 Å². The van der Waals surface area contributed by atoms with Crippen LogP contribution in [0.15, 0.2) is 0 Å².